The van der Waals surface area contributed by atoms with E-state index in [0.29, 0.717) is 0 Å². The van der Waals surface area contributed by atoms with Crippen molar-refractivity contribution < 1.29 is 0 Å². The molecule has 1 nitrogen and oxygen atoms in total. The van der Waals surface area contributed by atoms with Gasteiger partial charge in [0.1, 0.15) is 0 Å². The first kappa shape index (κ1) is 13.5. The molecule has 0 aliphatic rings. The summed E-state index contributed by atoms with van der Waals surface area (Å²) >= 11 is 0. The van der Waals surface area contributed by atoms with Crippen LogP contribution in [0.25, 0.3) is 0 Å². The van der Waals surface area contributed by atoms with Crippen molar-refractivity contribution in [2.24, 2.45) is 0 Å². The van der Waals surface area contributed by atoms with Crippen molar-refractivity contribution in [2.75, 3.05) is 13.1 Å². The molecule has 58 valence electrons. The van der Waals surface area contributed by atoms with Gasteiger partial charge in [0, 0.05) is 0 Å². The summed E-state index contributed by atoms with van der Waals surface area (Å²) in [5.74, 6) is 0. The third kappa shape index (κ3) is 11.7. The summed E-state index contributed by atoms with van der Waals surface area (Å²) in [6, 6.07) is 0. The molecule has 10 heavy (non-hydrogen) atoms. The quantitative estimate of drug-likeness (QED) is 0.451. The van der Waals surface area contributed by atoms with E-state index in [9.17, 15) is 0 Å². The Balaban J connectivity index is 0. The van der Waals surface area contributed by atoms with Crippen LogP contribution in [0, 0.1) is 0 Å². The Morgan fingerprint density at radius 2 is 1.30 bits per heavy atom. The predicted octanol–water partition coefficient (Wildman–Crippen LogP) is 1.53. The summed E-state index contributed by atoms with van der Waals surface area (Å²) in [4.78, 5) is 0. The topological polar surface area (TPSA) is 12.0 Å². The van der Waals surface area contributed by atoms with Gasteiger partial charge >= 0.3 is 29.6 Å². The first-order valence-electron chi connectivity index (χ1n) is 4.12. The molecule has 0 saturated heterocycles. The Morgan fingerprint density at radius 3 is 1.60 bits per heavy atom. The zero-order chi connectivity index (χ0) is 6.95. The van der Waals surface area contributed by atoms with Crippen LogP contribution < -0.4 is 5.32 Å². The van der Waals surface area contributed by atoms with E-state index in [-0.39, 0.29) is 29.6 Å². The first-order valence-corrected chi connectivity index (χ1v) is 4.12. The SMILES string of the molecule is CCCCNCCCC.[NaH]. The number of hydrogen-bond donors (Lipinski definition) is 1. The number of unbranched alkanes of at least 4 members (excludes halogenated alkanes) is 2. The zero-order valence-electron chi connectivity index (χ0n) is 6.74. The van der Waals surface area contributed by atoms with Crippen LogP contribution in [0.4, 0.5) is 0 Å². The fourth-order valence-corrected chi connectivity index (χ4v) is 0.729. The fraction of sp³-hybridized carbons (Fsp3) is 1.00. The zero-order valence-corrected chi connectivity index (χ0v) is 6.74. The van der Waals surface area contributed by atoms with E-state index in [4.69, 9.17) is 0 Å². The van der Waals surface area contributed by atoms with E-state index < -0.39 is 0 Å². The molecule has 2 heteroatoms. The van der Waals surface area contributed by atoms with Crippen LogP contribution >= 0.6 is 0 Å². The van der Waals surface area contributed by atoms with Gasteiger partial charge in [-0.25, -0.2) is 0 Å². The third-order valence-corrected chi connectivity index (χ3v) is 1.41. The molecule has 0 aromatic heterocycles. The van der Waals surface area contributed by atoms with Gasteiger partial charge < -0.3 is 5.32 Å². The van der Waals surface area contributed by atoms with Crippen LogP contribution in [-0.2, 0) is 0 Å². The molecular formula is C8H20NNa. The summed E-state index contributed by atoms with van der Waals surface area (Å²) in [6.45, 7) is 6.86. The normalized spacial score (nSPS) is 9.00. The molecule has 0 bridgehead atoms. The van der Waals surface area contributed by atoms with Crippen molar-refractivity contribution in [1.82, 2.24) is 5.32 Å². The molecular weight excluding hydrogens is 133 g/mol. The molecule has 0 spiro atoms. The van der Waals surface area contributed by atoms with Gasteiger partial charge in [0.15, 0.2) is 0 Å². The summed E-state index contributed by atoms with van der Waals surface area (Å²) in [6.07, 6.45) is 5.26. The molecule has 0 heterocycles. The average molecular weight is 153 g/mol. The summed E-state index contributed by atoms with van der Waals surface area (Å²) in [5, 5.41) is 3.39. The minimum atomic E-state index is 0. The van der Waals surface area contributed by atoms with Gasteiger partial charge in [-0.1, -0.05) is 26.7 Å². The number of nitrogens with one attached hydrogen (secondary N) is 1. The Kier molecular flexibility index (Phi) is 17.1. The van der Waals surface area contributed by atoms with Crippen LogP contribution in [0.2, 0.25) is 0 Å². The van der Waals surface area contributed by atoms with E-state index in [1.807, 2.05) is 0 Å². The van der Waals surface area contributed by atoms with Gasteiger partial charge in [0.05, 0.1) is 0 Å². The van der Waals surface area contributed by atoms with Crippen LogP contribution in [0.5, 0.6) is 0 Å². The Morgan fingerprint density at radius 1 is 0.900 bits per heavy atom. The number of rotatable bonds is 6. The van der Waals surface area contributed by atoms with Gasteiger partial charge in [-0.2, -0.15) is 0 Å². The van der Waals surface area contributed by atoms with Gasteiger partial charge in [0.25, 0.3) is 0 Å². The van der Waals surface area contributed by atoms with Gasteiger partial charge in [-0.3, -0.25) is 0 Å². The molecule has 0 atom stereocenters. The van der Waals surface area contributed by atoms with Crippen molar-refractivity contribution in [1.29, 1.82) is 0 Å². The Bertz CT molecular complexity index is 42.5. The second kappa shape index (κ2) is 12.6. The molecule has 0 amide bonds. The van der Waals surface area contributed by atoms with E-state index in [2.05, 4.69) is 19.2 Å². The van der Waals surface area contributed by atoms with E-state index in [1.165, 1.54) is 38.8 Å². The van der Waals surface area contributed by atoms with Gasteiger partial charge in [-0.05, 0) is 25.9 Å². The van der Waals surface area contributed by atoms with E-state index >= 15 is 0 Å². The third-order valence-electron chi connectivity index (χ3n) is 1.41. The van der Waals surface area contributed by atoms with Crippen molar-refractivity contribution >= 4 is 29.6 Å². The molecule has 1 N–H and O–H groups in total. The fourth-order valence-electron chi connectivity index (χ4n) is 0.729. The Labute approximate surface area is 87.3 Å². The van der Waals surface area contributed by atoms with Crippen LogP contribution in [0.3, 0.4) is 0 Å². The van der Waals surface area contributed by atoms with Crippen LogP contribution in [0.1, 0.15) is 39.5 Å². The maximum atomic E-state index is 3.39. The molecule has 0 aromatic carbocycles. The van der Waals surface area contributed by atoms with Crippen LogP contribution in [-0.4, -0.2) is 42.6 Å². The number of hydrogen-bond acceptors (Lipinski definition) is 1. The standard InChI is InChI=1S/C8H19N.Na.H/c1-3-5-7-9-8-6-4-2;;/h9H,3-8H2,1-2H3;;. The second-order valence-electron chi connectivity index (χ2n) is 2.46. The molecule has 0 radical (unpaired) electrons. The van der Waals surface area contributed by atoms with Crippen LogP contribution in [0.15, 0.2) is 0 Å². The van der Waals surface area contributed by atoms with Crippen molar-refractivity contribution in [3.8, 4) is 0 Å². The van der Waals surface area contributed by atoms with E-state index in [1.54, 1.807) is 0 Å². The predicted molar refractivity (Wildman–Crippen MR) is 49.8 cm³/mol. The summed E-state index contributed by atoms with van der Waals surface area (Å²) in [7, 11) is 0. The summed E-state index contributed by atoms with van der Waals surface area (Å²) < 4.78 is 0. The Hall–Kier alpha value is 0.960. The molecule has 0 aliphatic heterocycles. The molecule has 0 unspecified atom stereocenters. The molecule has 0 aromatic rings. The second-order valence-corrected chi connectivity index (χ2v) is 2.46. The van der Waals surface area contributed by atoms with Crippen molar-refractivity contribution in [2.45, 2.75) is 39.5 Å². The van der Waals surface area contributed by atoms with Gasteiger partial charge in [0.2, 0.25) is 0 Å². The summed E-state index contributed by atoms with van der Waals surface area (Å²) in [5.41, 5.74) is 0. The molecule has 0 aliphatic carbocycles. The maximum absolute atomic E-state index is 3.39. The first-order chi connectivity index (χ1) is 4.41. The molecule has 0 saturated carbocycles. The molecule has 0 rings (SSSR count). The average Bonchev–Trinajstić information content (AvgIpc) is 1.89. The van der Waals surface area contributed by atoms with Gasteiger partial charge in [-0.15, -0.1) is 0 Å². The molecule has 0 fully saturated rings. The minimum absolute atomic E-state index is 0. The van der Waals surface area contributed by atoms with Crippen molar-refractivity contribution in [3.63, 3.8) is 0 Å². The van der Waals surface area contributed by atoms with E-state index in [0.717, 1.165) is 0 Å². The monoisotopic (exact) mass is 153 g/mol. The van der Waals surface area contributed by atoms with Crippen molar-refractivity contribution in [3.05, 3.63) is 0 Å².